The molecule has 4 rings (SSSR count). The van der Waals surface area contributed by atoms with Gasteiger partial charge >= 0.3 is 6.18 Å². The van der Waals surface area contributed by atoms with Crippen molar-refractivity contribution in [3.63, 3.8) is 0 Å². The van der Waals surface area contributed by atoms with Crippen LogP contribution in [0, 0.1) is 34.0 Å². The van der Waals surface area contributed by atoms with Crippen LogP contribution in [0.2, 0.25) is 0 Å². The molecule has 1 atom stereocenters. The zero-order valence-corrected chi connectivity index (χ0v) is 25.3. The van der Waals surface area contributed by atoms with Crippen molar-refractivity contribution in [2.45, 2.75) is 38.5 Å². The number of nitriles is 3. The molecule has 0 saturated carbocycles. The van der Waals surface area contributed by atoms with E-state index in [-0.39, 0.29) is 5.56 Å². The van der Waals surface area contributed by atoms with E-state index in [4.69, 9.17) is 4.74 Å². The number of thiophene rings is 1. The number of alkyl halides is 3. The zero-order valence-electron chi connectivity index (χ0n) is 24.4. The molecule has 2 heterocycles. The second-order valence-electron chi connectivity index (χ2n) is 10.1. The Morgan fingerprint density at radius 2 is 1.50 bits per heavy atom. The first-order chi connectivity index (χ1) is 21.1. The summed E-state index contributed by atoms with van der Waals surface area (Å²) in [6.07, 6.45) is 3.19. The smallest absolute Gasteiger partial charge is 0.437 e. The normalized spacial score (nSPS) is 16.6. The molecule has 222 valence electrons. The zero-order chi connectivity index (χ0) is 31.9. The third-order valence-electron chi connectivity index (χ3n) is 7.26. The summed E-state index contributed by atoms with van der Waals surface area (Å²) >= 11 is 1.36. The van der Waals surface area contributed by atoms with Gasteiger partial charge in [0.1, 0.15) is 23.8 Å². The Labute approximate surface area is 259 Å². The fourth-order valence-electron chi connectivity index (χ4n) is 4.93. The molecule has 0 radical (unpaired) electrons. The van der Waals surface area contributed by atoms with Crippen molar-refractivity contribution in [2.24, 2.45) is 0 Å². The van der Waals surface area contributed by atoms with Gasteiger partial charge in [-0.3, -0.25) is 0 Å². The highest BCUT2D eigenvalue weighted by molar-refractivity contribution is 7.13. The van der Waals surface area contributed by atoms with Gasteiger partial charge in [-0.2, -0.15) is 29.0 Å². The minimum atomic E-state index is -5.04. The van der Waals surface area contributed by atoms with Crippen LogP contribution in [0.1, 0.15) is 46.7 Å². The molecule has 1 aromatic heterocycles. The van der Waals surface area contributed by atoms with E-state index in [1.165, 1.54) is 35.6 Å². The molecule has 0 spiro atoms. The van der Waals surface area contributed by atoms with Gasteiger partial charge in [-0.05, 0) is 60.4 Å². The van der Waals surface area contributed by atoms with Crippen LogP contribution in [0.3, 0.4) is 0 Å². The highest BCUT2D eigenvalue weighted by atomic mass is 32.1. The first-order valence-electron chi connectivity index (χ1n) is 13.9. The Balaban J connectivity index is 1.73. The van der Waals surface area contributed by atoms with Crippen molar-refractivity contribution in [3.8, 4) is 18.2 Å². The van der Waals surface area contributed by atoms with Crippen molar-refractivity contribution in [1.29, 1.82) is 15.8 Å². The van der Waals surface area contributed by atoms with Crippen LogP contribution in [-0.2, 0) is 16.8 Å². The van der Waals surface area contributed by atoms with Crippen LogP contribution in [0.25, 0.3) is 18.2 Å². The average Bonchev–Trinajstić information content (AvgIpc) is 3.62. The molecule has 1 aliphatic rings. The van der Waals surface area contributed by atoms with E-state index in [1.54, 1.807) is 36.4 Å². The molecule has 0 N–H and O–H groups in total. The van der Waals surface area contributed by atoms with E-state index >= 15 is 13.2 Å². The number of anilines is 1. The summed E-state index contributed by atoms with van der Waals surface area (Å²) in [5.41, 5.74) is -2.12. The molecule has 2 aromatic carbocycles. The lowest BCUT2D eigenvalue weighted by Gasteiger charge is -2.33. The number of ether oxygens (including phenoxy) is 1. The lowest BCUT2D eigenvalue weighted by Crippen LogP contribution is -2.43. The SMILES string of the molecule is CCCN(C)c1ccc(/C=C/c2ccc(/C=C/C3=C(C#N)C(=C(C#N)C#N)OC3(c3ccc(CC)cc3)C(F)(F)F)s2)cc1. The van der Waals surface area contributed by atoms with Crippen LogP contribution in [0.4, 0.5) is 18.9 Å². The van der Waals surface area contributed by atoms with Gasteiger partial charge in [0, 0.05) is 40.2 Å². The monoisotopic (exact) mass is 610 g/mol. The first kappa shape index (κ1) is 31.9. The number of aryl methyl sites for hydroxylation is 1. The van der Waals surface area contributed by atoms with Gasteiger partial charge in [0.25, 0.3) is 5.60 Å². The number of allylic oxidation sites excluding steroid dienone is 2. The van der Waals surface area contributed by atoms with Crippen LogP contribution in [0.15, 0.2) is 89.2 Å². The van der Waals surface area contributed by atoms with E-state index < -0.39 is 34.3 Å². The fraction of sp³-hybridized carbons (Fsp3) is 0.229. The Hall–Kier alpha value is -5.04. The number of nitrogens with zero attached hydrogens (tertiary/aromatic N) is 4. The molecule has 0 amide bonds. The molecular formula is C35H29F3N4OS. The molecule has 9 heteroatoms. The van der Waals surface area contributed by atoms with Crippen molar-refractivity contribution in [3.05, 3.63) is 116 Å². The van der Waals surface area contributed by atoms with Gasteiger partial charge < -0.3 is 9.64 Å². The maximum absolute atomic E-state index is 15.1. The summed E-state index contributed by atoms with van der Waals surface area (Å²) in [5, 5.41) is 28.9. The molecule has 3 aromatic rings. The average molecular weight is 611 g/mol. The van der Waals surface area contributed by atoms with Gasteiger partial charge in [-0.1, -0.05) is 62.4 Å². The molecule has 0 saturated heterocycles. The molecule has 0 bridgehead atoms. The lowest BCUT2D eigenvalue weighted by molar-refractivity contribution is -0.249. The summed E-state index contributed by atoms with van der Waals surface area (Å²) in [6.45, 7) is 4.97. The lowest BCUT2D eigenvalue weighted by atomic mass is 9.83. The fourth-order valence-corrected chi connectivity index (χ4v) is 5.75. The highest BCUT2D eigenvalue weighted by Crippen LogP contribution is 2.56. The van der Waals surface area contributed by atoms with Crippen LogP contribution < -0.4 is 4.90 Å². The Bertz CT molecular complexity index is 1740. The summed E-state index contributed by atoms with van der Waals surface area (Å²) in [7, 11) is 2.05. The molecule has 0 aliphatic carbocycles. The number of hydrogen-bond donors (Lipinski definition) is 0. The van der Waals surface area contributed by atoms with E-state index in [0.29, 0.717) is 11.3 Å². The second-order valence-corrected chi connectivity index (χ2v) is 11.2. The first-order valence-corrected chi connectivity index (χ1v) is 14.8. The highest BCUT2D eigenvalue weighted by Gasteiger charge is 2.65. The van der Waals surface area contributed by atoms with Gasteiger partial charge in [0.05, 0.1) is 0 Å². The summed E-state index contributed by atoms with van der Waals surface area (Å²) in [6, 6.07) is 22.4. The van der Waals surface area contributed by atoms with Crippen molar-refractivity contribution < 1.29 is 17.9 Å². The van der Waals surface area contributed by atoms with Gasteiger partial charge in [-0.15, -0.1) is 11.3 Å². The van der Waals surface area contributed by atoms with Crippen molar-refractivity contribution >= 4 is 35.3 Å². The maximum Gasteiger partial charge on any atom is 0.437 e. The van der Waals surface area contributed by atoms with E-state index in [0.717, 1.165) is 34.7 Å². The summed E-state index contributed by atoms with van der Waals surface area (Å²) < 4.78 is 50.8. The Morgan fingerprint density at radius 1 is 0.886 bits per heavy atom. The van der Waals surface area contributed by atoms with Gasteiger partial charge in [0.2, 0.25) is 0 Å². The quantitative estimate of drug-likeness (QED) is 0.226. The molecular weight excluding hydrogens is 581 g/mol. The minimum absolute atomic E-state index is 0.262. The topological polar surface area (TPSA) is 83.8 Å². The number of hydrogen-bond acceptors (Lipinski definition) is 6. The molecule has 44 heavy (non-hydrogen) atoms. The molecule has 1 unspecified atom stereocenters. The van der Waals surface area contributed by atoms with Crippen LogP contribution in [-0.4, -0.2) is 19.8 Å². The summed E-state index contributed by atoms with van der Waals surface area (Å²) in [5.74, 6) is -0.684. The second kappa shape index (κ2) is 13.5. The predicted molar refractivity (Wildman–Crippen MR) is 168 cm³/mol. The predicted octanol–water partition coefficient (Wildman–Crippen LogP) is 8.95. The Morgan fingerprint density at radius 3 is 2.02 bits per heavy atom. The van der Waals surface area contributed by atoms with Crippen molar-refractivity contribution in [2.75, 3.05) is 18.5 Å². The number of rotatable bonds is 9. The third-order valence-corrected chi connectivity index (χ3v) is 8.27. The standard InChI is InChI=1S/C35H29F3N4OS/c1-4-20-42(3)28-13-8-25(9-14-28)10-15-29-16-17-30(44-29)18-19-32-31(23-41)33(26(21-39)22-40)43-34(32,35(36,37)38)27-11-6-24(5-2)7-12-27/h6-19H,4-5,20H2,1-3H3/b15-10+,19-18+. The van der Waals surface area contributed by atoms with E-state index in [2.05, 4.69) is 24.0 Å². The largest absolute Gasteiger partial charge is 0.465 e. The van der Waals surface area contributed by atoms with E-state index in [1.807, 2.05) is 44.3 Å². The number of benzene rings is 2. The van der Waals surface area contributed by atoms with Gasteiger partial charge in [-0.25, -0.2) is 0 Å². The summed E-state index contributed by atoms with van der Waals surface area (Å²) in [4.78, 5) is 3.70. The van der Waals surface area contributed by atoms with Crippen LogP contribution in [0.5, 0.6) is 0 Å². The molecule has 5 nitrogen and oxygen atoms in total. The minimum Gasteiger partial charge on any atom is -0.465 e. The van der Waals surface area contributed by atoms with Crippen LogP contribution >= 0.6 is 11.3 Å². The maximum atomic E-state index is 15.1. The molecule has 0 fully saturated rings. The molecule has 1 aliphatic heterocycles. The van der Waals surface area contributed by atoms with E-state index in [9.17, 15) is 15.8 Å². The van der Waals surface area contributed by atoms with Crippen molar-refractivity contribution in [1.82, 2.24) is 0 Å². The number of halogens is 3. The van der Waals surface area contributed by atoms with Gasteiger partial charge in [0.15, 0.2) is 11.3 Å². The Kier molecular flexibility index (Phi) is 9.79. The third kappa shape index (κ3) is 6.32.